The summed E-state index contributed by atoms with van der Waals surface area (Å²) in [4.78, 5) is 17.4. The van der Waals surface area contributed by atoms with Gasteiger partial charge in [-0.05, 0) is 23.8 Å². The van der Waals surface area contributed by atoms with Crippen molar-refractivity contribution in [2.45, 2.75) is 6.54 Å². The lowest BCUT2D eigenvalue weighted by atomic mass is 10.2. The van der Waals surface area contributed by atoms with Crippen LogP contribution in [0.15, 0.2) is 42.7 Å². The zero-order valence-electron chi connectivity index (χ0n) is 11.7. The van der Waals surface area contributed by atoms with Crippen LogP contribution < -0.4 is 5.32 Å². The first kappa shape index (κ1) is 15.8. The molecule has 0 aliphatic carbocycles. The van der Waals surface area contributed by atoms with E-state index in [1.807, 2.05) is 0 Å². The Morgan fingerprint density at radius 3 is 2.77 bits per heavy atom. The molecule has 22 heavy (non-hydrogen) atoms. The lowest BCUT2D eigenvalue weighted by Gasteiger charge is -2.22. The third kappa shape index (κ3) is 4.23. The van der Waals surface area contributed by atoms with E-state index in [0.717, 1.165) is 17.7 Å². The zero-order valence-corrected chi connectivity index (χ0v) is 11.7. The zero-order chi connectivity index (χ0) is 15.9. The maximum atomic E-state index is 13.6. The summed E-state index contributed by atoms with van der Waals surface area (Å²) in [5.74, 6) is -1.59. The Labute approximate surface area is 126 Å². The fourth-order valence-electron chi connectivity index (χ4n) is 1.87. The largest absolute Gasteiger partial charge is 0.395 e. The molecule has 2 amide bonds. The maximum absolute atomic E-state index is 13.6. The molecule has 0 fully saturated rings. The first-order valence-electron chi connectivity index (χ1n) is 6.61. The van der Waals surface area contributed by atoms with Gasteiger partial charge in [-0.15, -0.1) is 0 Å². The highest BCUT2D eigenvalue weighted by molar-refractivity contribution is 5.89. The highest BCUT2D eigenvalue weighted by Gasteiger charge is 2.15. The van der Waals surface area contributed by atoms with Gasteiger partial charge in [0.2, 0.25) is 0 Å². The Hall–Kier alpha value is -2.54. The lowest BCUT2D eigenvalue weighted by molar-refractivity contribution is 0.185. The maximum Gasteiger partial charge on any atom is 0.322 e. The molecule has 0 aliphatic rings. The minimum absolute atomic E-state index is 0.0730. The van der Waals surface area contributed by atoms with E-state index in [4.69, 9.17) is 5.11 Å². The third-order valence-corrected chi connectivity index (χ3v) is 2.93. The smallest absolute Gasteiger partial charge is 0.322 e. The number of aliphatic hydroxyl groups is 1. The van der Waals surface area contributed by atoms with Gasteiger partial charge >= 0.3 is 6.03 Å². The van der Waals surface area contributed by atoms with E-state index in [0.29, 0.717) is 6.07 Å². The second-order valence-electron chi connectivity index (χ2n) is 4.56. The number of nitrogens with zero attached hydrogens (tertiary/aromatic N) is 2. The number of rotatable bonds is 5. The normalized spacial score (nSPS) is 10.3. The quantitative estimate of drug-likeness (QED) is 0.891. The number of carbonyl (C=O) groups excluding carboxylic acids is 1. The molecule has 1 aromatic heterocycles. The van der Waals surface area contributed by atoms with Crippen LogP contribution in [0.25, 0.3) is 0 Å². The number of halogens is 2. The molecule has 2 rings (SSSR count). The second-order valence-corrected chi connectivity index (χ2v) is 4.56. The molecule has 0 atom stereocenters. The van der Waals surface area contributed by atoms with Gasteiger partial charge in [0.25, 0.3) is 0 Å². The topological polar surface area (TPSA) is 65.5 Å². The Bertz CT molecular complexity index is 638. The number of hydrogen-bond donors (Lipinski definition) is 2. The molecular weight excluding hydrogens is 292 g/mol. The summed E-state index contributed by atoms with van der Waals surface area (Å²) in [6.07, 6.45) is 3.20. The van der Waals surface area contributed by atoms with Crippen LogP contribution in [0.4, 0.5) is 19.3 Å². The number of nitrogens with one attached hydrogen (secondary N) is 1. The number of anilines is 1. The van der Waals surface area contributed by atoms with Crippen LogP contribution in [0.1, 0.15) is 5.56 Å². The van der Waals surface area contributed by atoms with Gasteiger partial charge in [0, 0.05) is 31.5 Å². The van der Waals surface area contributed by atoms with E-state index < -0.39 is 17.7 Å². The highest BCUT2D eigenvalue weighted by atomic mass is 19.1. The highest BCUT2D eigenvalue weighted by Crippen LogP contribution is 2.16. The minimum atomic E-state index is -0.862. The van der Waals surface area contributed by atoms with Crippen LogP contribution in [-0.4, -0.2) is 34.2 Å². The molecule has 2 aromatic rings. The van der Waals surface area contributed by atoms with Crippen molar-refractivity contribution in [3.05, 3.63) is 59.9 Å². The monoisotopic (exact) mass is 307 g/mol. The standard InChI is InChI=1S/C15H15F2N3O2/c16-12-3-4-14(13(17)8-12)19-15(22)20(6-7-21)10-11-2-1-5-18-9-11/h1-5,8-9,21H,6-7,10H2,(H,19,22). The predicted molar refractivity (Wildman–Crippen MR) is 77.1 cm³/mol. The van der Waals surface area contributed by atoms with Gasteiger partial charge in [-0.25, -0.2) is 13.6 Å². The van der Waals surface area contributed by atoms with Crippen LogP contribution in [0, 0.1) is 11.6 Å². The van der Waals surface area contributed by atoms with Crippen molar-refractivity contribution in [2.24, 2.45) is 0 Å². The molecule has 5 nitrogen and oxygen atoms in total. The van der Waals surface area contributed by atoms with Gasteiger partial charge in [-0.2, -0.15) is 0 Å². The first-order valence-corrected chi connectivity index (χ1v) is 6.61. The van der Waals surface area contributed by atoms with Gasteiger partial charge in [-0.3, -0.25) is 4.98 Å². The van der Waals surface area contributed by atoms with Gasteiger partial charge in [0.1, 0.15) is 11.6 Å². The molecule has 0 aliphatic heterocycles. The summed E-state index contributed by atoms with van der Waals surface area (Å²) in [7, 11) is 0. The SMILES string of the molecule is O=C(Nc1ccc(F)cc1F)N(CCO)Cc1cccnc1. The van der Waals surface area contributed by atoms with Crippen molar-refractivity contribution in [3.63, 3.8) is 0 Å². The number of amides is 2. The fraction of sp³-hybridized carbons (Fsp3) is 0.200. The Morgan fingerprint density at radius 2 is 2.14 bits per heavy atom. The van der Waals surface area contributed by atoms with Gasteiger partial charge in [0.15, 0.2) is 0 Å². The molecular formula is C15H15F2N3O2. The van der Waals surface area contributed by atoms with Crippen LogP contribution in [0.2, 0.25) is 0 Å². The average Bonchev–Trinajstić information content (AvgIpc) is 2.50. The fourth-order valence-corrected chi connectivity index (χ4v) is 1.87. The number of carbonyl (C=O) groups is 1. The molecule has 0 radical (unpaired) electrons. The van der Waals surface area contributed by atoms with Gasteiger partial charge < -0.3 is 15.3 Å². The van der Waals surface area contributed by atoms with Crippen molar-refractivity contribution in [3.8, 4) is 0 Å². The molecule has 0 bridgehead atoms. The Kier molecular flexibility index (Phi) is 5.37. The second kappa shape index (κ2) is 7.46. The molecule has 0 saturated carbocycles. The number of pyridine rings is 1. The van der Waals surface area contributed by atoms with Crippen LogP contribution in [0.3, 0.4) is 0 Å². The molecule has 0 saturated heterocycles. The van der Waals surface area contributed by atoms with Crippen molar-refractivity contribution in [1.82, 2.24) is 9.88 Å². The summed E-state index contributed by atoms with van der Waals surface area (Å²) in [6.45, 7) is 0.0478. The van der Waals surface area contributed by atoms with Crippen LogP contribution >= 0.6 is 0 Å². The van der Waals surface area contributed by atoms with E-state index in [1.54, 1.807) is 24.5 Å². The van der Waals surface area contributed by atoms with E-state index in [9.17, 15) is 13.6 Å². The summed E-state index contributed by atoms with van der Waals surface area (Å²) in [5, 5.41) is 11.4. The minimum Gasteiger partial charge on any atom is -0.395 e. The molecule has 1 aromatic carbocycles. The van der Waals surface area contributed by atoms with E-state index >= 15 is 0 Å². The van der Waals surface area contributed by atoms with Crippen molar-refractivity contribution in [1.29, 1.82) is 0 Å². The molecule has 0 unspecified atom stereocenters. The summed E-state index contributed by atoms with van der Waals surface area (Å²) < 4.78 is 26.4. The van der Waals surface area contributed by atoms with E-state index in [2.05, 4.69) is 10.3 Å². The van der Waals surface area contributed by atoms with Gasteiger partial charge in [0.05, 0.1) is 12.3 Å². The number of aromatic nitrogens is 1. The molecule has 1 heterocycles. The molecule has 0 spiro atoms. The molecule has 2 N–H and O–H groups in total. The third-order valence-electron chi connectivity index (χ3n) is 2.93. The number of hydrogen-bond acceptors (Lipinski definition) is 3. The number of aliphatic hydroxyl groups excluding tert-OH is 1. The molecule has 116 valence electrons. The predicted octanol–water partition coefficient (Wildman–Crippen LogP) is 2.39. The number of urea groups is 1. The number of benzene rings is 1. The Balaban J connectivity index is 2.09. The van der Waals surface area contributed by atoms with Crippen molar-refractivity contribution < 1.29 is 18.7 Å². The van der Waals surface area contributed by atoms with Crippen LogP contribution in [-0.2, 0) is 6.54 Å². The summed E-state index contributed by atoms with van der Waals surface area (Å²) >= 11 is 0. The molecule has 7 heteroatoms. The van der Waals surface area contributed by atoms with Crippen molar-refractivity contribution >= 4 is 11.7 Å². The average molecular weight is 307 g/mol. The summed E-state index contributed by atoms with van der Waals surface area (Å²) in [6, 6.07) is 5.80. The van der Waals surface area contributed by atoms with Gasteiger partial charge in [-0.1, -0.05) is 6.07 Å². The van der Waals surface area contributed by atoms with E-state index in [-0.39, 0.29) is 25.4 Å². The Morgan fingerprint density at radius 1 is 1.32 bits per heavy atom. The first-order chi connectivity index (χ1) is 10.6. The van der Waals surface area contributed by atoms with E-state index in [1.165, 1.54) is 4.90 Å². The van der Waals surface area contributed by atoms with Crippen molar-refractivity contribution in [2.75, 3.05) is 18.5 Å². The lowest BCUT2D eigenvalue weighted by Crippen LogP contribution is -2.36. The summed E-state index contributed by atoms with van der Waals surface area (Å²) in [5.41, 5.74) is 0.645. The van der Waals surface area contributed by atoms with Crippen LogP contribution in [0.5, 0.6) is 0 Å².